The molecule has 68 valence electrons. The molecule has 0 unspecified atom stereocenters. The summed E-state index contributed by atoms with van der Waals surface area (Å²) in [6.07, 6.45) is 1.26. The number of benzene rings is 1. The number of rotatable bonds is 3. The molecule has 0 heterocycles. The Morgan fingerprint density at radius 3 is 2.62 bits per heavy atom. The largest absolute Gasteiger partial charge is 0.348 e. The molecule has 0 spiro atoms. The normalized spacial score (nSPS) is 9.31. The standard InChI is InChI=1S/C10H10BrNO/c1-2-10(13)12-7-8-3-5-9(11)6-4-8/h2-6H,1,7H2,(H,12,13). The van der Waals surface area contributed by atoms with Gasteiger partial charge in [0.2, 0.25) is 5.91 Å². The first-order valence-corrected chi connectivity index (χ1v) is 4.66. The van der Waals surface area contributed by atoms with E-state index < -0.39 is 0 Å². The van der Waals surface area contributed by atoms with Gasteiger partial charge >= 0.3 is 0 Å². The van der Waals surface area contributed by atoms with E-state index in [0.717, 1.165) is 10.0 Å². The Balaban J connectivity index is 2.50. The number of amides is 1. The molecule has 0 atom stereocenters. The van der Waals surface area contributed by atoms with Crippen molar-refractivity contribution in [1.82, 2.24) is 5.32 Å². The Morgan fingerprint density at radius 2 is 2.08 bits per heavy atom. The molecule has 0 aliphatic rings. The highest BCUT2D eigenvalue weighted by atomic mass is 79.9. The predicted octanol–water partition coefficient (Wildman–Crippen LogP) is 2.25. The summed E-state index contributed by atoms with van der Waals surface area (Å²) in [7, 11) is 0. The van der Waals surface area contributed by atoms with Crippen LogP contribution in [0.1, 0.15) is 5.56 Å². The van der Waals surface area contributed by atoms with E-state index in [1.807, 2.05) is 24.3 Å². The Hall–Kier alpha value is -1.09. The second kappa shape index (κ2) is 4.82. The maximum atomic E-state index is 10.8. The number of hydrogen-bond acceptors (Lipinski definition) is 1. The van der Waals surface area contributed by atoms with Crippen LogP contribution in [0.25, 0.3) is 0 Å². The number of carbonyl (C=O) groups excluding carboxylic acids is 1. The second-order valence-corrected chi connectivity index (χ2v) is 3.46. The van der Waals surface area contributed by atoms with Crippen LogP contribution in [0.2, 0.25) is 0 Å². The first-order valence-electron chi connectivity index (χ1n) is 3.87. The highest BCUT2D eigenvalue weighted by Crippen LogP contribution is 2.09. The lowest BCUT2D eigenvalue weighted by atomic mass is 10.2. The third kappa shape index (κ3) is 3.42. The predicted molar refractivity (Wildman–Crippen MR) is 56.2 cm³/mol. The Kier molecular flexibility index (Phi) is 3.71. The lowest BCUT2D eigenvalue weighted by Crippen LogP contribution is -2.19. The molecule has 3 heteroatoms. The van der Waals surface area contributed by atoms with Crippen LogP contribution in [0, 0.1) is 0 Å². The zero-order chi connectivity index (χ0) is 9.68. The van der Waals surface area contributed by atoms with Gasteiger partial charge in [-0.1, -0.05) is 34.6 Å². The van der Waals surface area contributed by atoms with Gasteiger partial charge in [0, 0.05) is 11.0 Å². The van der Waals surface area contributed by atoms with Gasteiger partial charge in [0.15, 0.2) is 0 Å². The molecule has 0 saturated carbocycles. The van der Waals surface area contributed by atoms with Crippen molar-refractivity contribution in [3.63, 3.8) is 0 Å². The van der Waals surface area contributed by atoms with Gasteiger partial charge < -0.3 is 5.32 Å². The van der Waals surface area contributed by atoms with Gasteiger partial charge in [0.05, 0.1) is 0 Å². The molecular formula is C10H10BrNO. The molecule has 0 aliphatic carbocycles. The molecule has 0 aliphatic heterocycles. The van der Waals surface area contributed by atoms with E-state index in [1.54, 1.807) is 0 Å². The van der Waals surface area contributed by atoms with Crippen LogP contribution >= 0.6 is 15.9 Å². The summed E-state index contributed by atoms with van der Waals surface area (Å²) in [6.45, 7) is 3.91. The van der Waals surface area contributed by atoms with E-state index >= 15 is 0 Å². The smallest absolute Gasteiger partial charge is 0.243 e. The third-order valence-electron chi connectivity index (χ3n) is 1.57. The molecule has 1 rings (SSSR count). The summed E-state index contributed by atoms with van der Waals surface area (Å²) in [4.78, 5) is 10.8. The zero-order valence-corrected chi connectivity index (χ0v) is 8.67. The highest BCUT2D eigenvalue weighted by molar-refractivity contribution is 9.10. The van der Waals surface area contributed by atoms with E-state index in [4.69, 9.17) is 0 Å². The van der Waals surface area contributed by atoms with E-state index in [9.17, 15) is 4.79 Å². The molecule has 0 bridgehead atoms. The van der Waals surface area contributed by atoms with Crippen molar-refractivity contribution < 1.29 is 4.79 Å². The Labute approximate surface area is 85.8 Å². The van der Waals surface area contributed by atoms with Crippen molar-refractivity contribution in [2.45, 2.75) is 6.54 Å². The Bertz CT molecular complexity index is 305. The molecule has 1 amide bonds. The minimum atomic E-state index is -0.150. The van der Waals surface area contributed by atoms with Crippen LogP contribution in [0.15, 0.2) is 41.4 Å². The molecule has 2 nitrogen and oxygen atoms in total. The number of halogens is 1. The summed E-state index contributed by atoms with van der Waals surface area (Å²) in [6, 6.07) is 7.78. The lowest BCUT2D eigenvalue weighted by molar-refractivity contribution is -0.116. The van der Waals surface area contributed by atoms with Gasteiger partial charge in [-0.05, 0) is 23.8 Å². The molecule has 13 heavy (non-hydrogen) atoms. The van der Waals surface area contributed by atoms with Crippen molar-refractivity contribution in [1.29, 1.82) is 0 Å². The monoisotopic (exact) mass is 239 g/mol. The van der Waals surface area contributed by atoms with Crippen LogP contribution in [0.3, 0.4) is 0 Å². The molecule has 0 radical (unpaired) electrons. The fourth-order valence-electron chi connectivity index (χ4n) is 0.864. The van der Waals surface area contributed by atoms with Crippen molar-refractivity contribution in [2.24, 2.45) is 0 Å². The molecule has 1 aromatic carbocycles. The van der Waals surface area contributed by atoms with Gasteiger partial charge in [-0.25, -0.2) is 0 Å². The number of carbonyl (C=O) groups is 1. The summed E-state index contributed by atoms with van der Waals surface area (Å²) >= 11 is 3.34. The van der Waals surface area contributed by atoms with Crippen LogP contribution in [0.4, 0.5) is 0 Å². The maximum absolute atomic E-state index is 10.8. The number of nitrogens with one attached hydrogen (secondary N) is 1. The van der Waals surface area contributed by atoms with Crippen LogP contribution in [-0.4, -0.2) is 5.91 Å². The highest BCUT2D eigenvalue weighted by Gasteiger charge is 1.94. The van der Waals surface area contributed by atoms with Crippen molar-refractivity contribution in [3.05, 3.63) is 47.0 Å². The summed E-state index contributed by atoms with van der Waals surface area (Å²) in [5.41, 5.74) is 1.07. The maximum Gasteiger partial charge on any atom is 0.243 e. The zero-order valence-electron chi connectivity index (χ0n) is 7.09. The Morgan fingerprint density at radius 1 is 1.46 bits per heavy atom. The van der Waals surface area contributed by atoms with E-state index in [2.05, 4.69) is 27.8 Å². The fourth-order valence-corrected chi connectivity index (χ4v) is 1.13. The van der Waals surface area contributed by atoms with Gasteiger partial charge in [0.1, 0.15) is 0 Å². The summed E-state index contributed by atoms with van der Waals surface area (Å²) in [5, 5.41) is 2.70. The minimum Gasteiger partial charge on any atom is -0.348 e. The van der Waals surface area contributed by atoms with Gasteiger partial charge in [-0.3, -0.25) is 4.79 Å². The molecular weight excluding hydrogens is 230 g/mol. The van der Waals surface area contributed by atoms with Crippen LogP contribution in [0.5, 0.6) is 0 Å². The van der Waals surface area contributed by atoms with Crippen LogP contribution in [-0.2, 0) is 11.3 Å². The topological polar surface area (TPSA) is 29.1 Å². The number of hydrogen-bond donors (Lipinski definition) is 1. The van der Waals surface area contributed by atoms with Crippen molar-refractivity contribution in [3.8, 4) is 0 Å². The average Bonchev–Trinajstić information content (AvgIpc) is 2.16. The van der Waals surface area contributed by atoms with Gasteiger partial charge in [-0.15, -0.1) is 0 Å². The molecule has 0 fully saturated rings. The molecule has 1 aromatic rings. The first kappa shape index (κ1) is 9.99. The molecule has 1 N–H and O–H groups in total. The third-order valence-corrected chi connectivity index (χ3v) is 2.09. The minimum absolute atomic E-state index is 0.150. The van der Waals surface area contributed by atoms with Gasteiger partial charge in [0.25, 0.3) is 0 Å². The summed E-state index contributed by atoms with van der Waals surface area (Å²) in [5.74, 6) is -0.150. The molecule has 0 saturated heterocycles. The van der Waals surface area contributed by atoms with Crippen molar-refractivity contribution >= 4 is 21.8 Å². The lowest BCUT2D eigenvalue weighted by Gasteiger charge is -2.01. The van der Waals surface area contributed by atoms with E-state index in [0.29, 0.717) is 6.54 Å². The molecule has 0 aromatic heterocycles. The first-order chi connectivity index (χ1) is 6.22. The summed E-state index contributed by atoms with van der Waals surface area (Å²) < 4.78 is 1.03. The van der Waals surface area contributed by atoms with Crippen LogP contribution < -0.4 is 5.32 Å². The van der Waals surface area contributed by atoms with E-state index in [-0.39, 0.29) is 5.91 Å². The SMILES string of the molecule is C=CC(=O)NCc1ccc(Br)cc1. The fraction of sp³-hybridized carbons (Fsp3) is 0.100. The van der Waals surface area contributed by atoms with Crippen molar-refractivity contribution in [2.75, 3.05) is 0 Å². The average molecular weight is 240 g/mol. The van der Waals surface area contributed by atoms with Gasteiger partial charge in [-0.2, -0.15) is 0 Å². The second-order valence-electron chi connectivity index (χ2n) is 2.55. The van der Waals surface area contributed by atoms with E-state index in [1.165, 1.54) is 6.08 Å². The quantitative estimate of drug-likeness (QED) is 0.806.